The van der Waals surface area contributed by atoms with Crippen LogP contribution in [0.25, 0.3) is 0 Å². The average Bonchev–Trinajstić information content (AvgIpc) is 2.84. The van der Waals surface area contributed by atoms with Gasteiger partial charge >= 0.3 is 12.1 Å². The molecule has 1 aromatic rings. The Bertz CT molecular complexity index is 724. The number of alkyl halides is 3. The van der Waals surface area contributed by atoms with E-state index in [0.717, 1.165) is 27.2 Å². The van der Waals surface area contributed by atoms with E-state index in [0.29, 0.717) is 0 Å². The van der Waals surface area contributed by atoms with E-state index in [4.69, 9.17) is 9.47 Å². The van der Waals surface area contributed by atoms with Crippen LogP contribution in [0.3, 0.4) is 0 Å². The molecule has 146 valence electrons. The predicted molar refractivity (Wildman–Crippen MR) is 88.9 cm³/mol. The van der Waals surface area contributed by atoms with Crippen molar-refractivity contribution < 1.29 is 41.0 Å². The predicted octanol–water partition coefficient (Wildman–Crippen LogP) is 4.19. The van der Waals surface area contributed by atoms with Gasteiger partial charge in [-0.25, -0.2) is 9.18 Å². The summed E-state index contributed by atoms with van der Waals surface area (Å²) >= 11 is 1.51. The molecule has 1 fully saturated rings. The van der Waals surface area contributed by atoms with E-state index in [9.17, 15) is 26.7 Å². The molecule has 0 radical (unpaired) electrons. The zero-order chi connectivity index (χ0) is 20.0. The van der Waals surface area contributed by atoms with Gasteiger partial charge in [-0.05, 0) is 35.6 Å². The maximum Gasteiger partial charge on any atom is 0.417 e. The lowest BCUT2D eigenvalue weighted by molar-refractivity contribution is -0.274. The number of rotatable bonds is 3. The highest BCUT2D eigenvalue weighted by Crippen LogP contribution is 2.55. The molecule has 0 bridgehead atoms. The molecule has 1 saturated heterocycles. The molecule has 1 aromatic carbocycles. The van der Waals surface area contributed by atoms with Crippen molar-refractivity contribution in [2.45, 2.75) is 37.6 Å². The highest BCUT2D eigenvalue weighted by molar-refractivity contribution is 14.1. The fourth-order valence-corrected chi connectivity index (χ4v) is 3.74. The van der Waals surface area contributed by atoms with Crippen LogP contribution < -0.4 is 4.74 Å². The zero-order valence-corrected chi connectivity index (χ0v) is 16.4. The van der Waals surface area contributed by atoms with Crippen molar-refractivity contribution in [3.8, 4) is 5.75 Å². The Hall–Kier alpha value is -1.17. The lowest BCUT2D eigenvalue weighted by Crippen LogP contribution is -2.47. The molecule has 10 heteroatoms. The molecule has 3 unspecified atom stereocenters. The summed E-state index contributed by atoms with van der Waals surface area (Å²) < 4.78 is 83.2. The maximum absolute atomic E-state index is 14.3. The third kappa shape index (κ3) is 3.14. The van der Waals surface area contributed by atoms with Crippen molar-refractivity contribution in [1.29, 1.82) is 0 Å². The van der Waals surface area contributed by atoms with Gasteiger partial charge in [-0.3, -0.25) is 0 Å². The van der Waals surface area contributed by atoms with E-state index in [1.54, 1.807) is 0 Å². The second-order valence-corrected chi connectivity index (χ2v) is 7.25. The summed E-state index contributed by atoms with van der Waals surface area (Å²) in [4.78, 5) is 12.1. The highest BCUT2D eigenvalue weighted by Gasteiger charge is 2.66. The van der Waals surface area contributed by atoms with Crippen LogP contribution in [0.2, 0.25) is 0 Å². The summed E-state index contributed by atoms with van der Waals surface area (Å²) in [6.45, 7) is 2.04. The van der Waals surface area contributed by atoms with Gasteiger partial charge in [-0.15, -0.1) is 0 Å². The molecule has 0 aliphatic carbocycles. The summed E-state index contributed by atoms with van der Waals surface area (Å²) in [5.41, 5.74) is -2.77. The monoisotopic (exact) mass is 494 g/mol. The van der Waals surface area contributed by atoms with Gasteiger partial charge in [0.2, 0.25) is 5.82 Å². The van der Waals surface area contributed by atoms with E-state index < -0.39 is 53.1 Å². The molecule has 0 spiro atoms. The number of methoxy groups -OCH3 is 2. The Morgan fingerprint density at radius 2 is 1.85 bits per heavy atom. The first-order valence-electron chi connectivity index (χ1n) is 7.44. The first-order chi connectivity index (χ1) is 11.9. The SMILES string of the molecule is COC(=O)[C@@H]1OC(C)(C(F)(F)F)C(C)C1c1cc(I)c(F)c(F)c1OC. The van der Waals surface area contributed by atoms with Crippen molar-refractivity contribution in [3.05, 3.63) is 26.8 Å². The van der Waals surface area contributed by atoms with Crippen LogP contribution in [0, 0.1) is 21.1 Å². The number of esters is 1. The lowest BCUT2D eigenvalue weighted by Gasteiger charge is -2.32. The van der Waals surface area contributed by atoms with Crippen LogP contribution in [-0.4, -0.2) is 38.1 Å². The van der Waals surface area contributed by atoms with E-state index >= 15 is 0 Å². The fraction of sp³-hybridized carbons (Fsp3) is 0.562. The Labute approximate surface area is 160 Å². The number of ether oxygens (including phenoxy) is 3. The normalized spacial score (nSPS) is 28.9. The van der Waals surface area contributed by atoms with E-state index in [1.807, 2.05) is 0 Å². The smallest absolute Gasteiger partial charge is 0.417 e. The minimum atomic E-state index is -4.80. The molecular weight excluding hydrogens is 478 g/mol. The first-order valence-corrected chi connectivity index (χ1v) is 8.52. The molecule has 1 aliphatic heterocycles. The largest absolute Gasteiger partial charge is 0.493 e. The second kappa shape index (κ2) is 7.10. The van der Waals surface area contributed by atoms with Gasteiger partial charge in [0.05, 0.1) is 17.8 Å². The van der Waals surface area contributed by atoms with Crippen molar-refractivity contribution in [2.75, 3.05) is 14.2 Å². The number of benzene rings is 1. The fourth-order valence-electron chi connectivity index (χ4n) is 3.17. The van der Waals surface area contributed by atoms with Gasteiger partial charge in [0, 0.05) is 17.4 Å². The second-order valence-electron chi connectivity index (χ2n) is 6.09. The average molecular weight is 494 g/mol. The summed E-state index contributed by atoms with van der Waals surface area (Å²) in [5.74, 6) is -6.70. The van der Waals surface area contributed by atoms with Gasteiger partial charge in [0.15, 0.2) is 23.3 Å². The van der Waals surface area contributed by atoms with Gasteiger partial charge in [0.25, 0.3) is 0 Å². The lowest BCUT2D eigenvalue weighted by atomic mass is 9.77. The summed E-state index contributed by atoms with van der Waals surface area (Å²) in [7, 11) is 2.06. The standard InChI is InChI=1S/C16H16F5IO4/c1-6-9(7-5-8(22)10(17)11(18)12(7)24-3)13(14(23)25-4)26-15(6,2)16(19,20)21/h5-6,9,13H,1-4H3/t6?,9?,13-,15?/m1/s1. The molecule has 1 aliphatic rings. The minimum Gasteiger partial charge on any atom is -0.493 e. The number of hydrogen-bond donors (Lipinski definition) is 0. The number of hydrogen-bond acceptors (Lipinski definition) is 4. The Morgan fingerprint density at radius 3 is 2.31 bits per heavy atom. The first kappa shape index (κ1) is 21.1. The third-order valence-electron chi connectivity index (χ3n) is 4.81. The topological polar surface area (TPSA) is 44.8 Å². The summed E-state index contributed by atoms with van der Waals surface area (Å²) in [5, 5.41) is 0. The van der Waals surface area contributed by atoms with Crippen LogP contribution >= 0.6 is 22.6 Å². The van der Waals surface area contributed by atoms with Crippen LogP contribution in [0.4, 0.5) is 22.0 Å². The Balaban J connectivity index is 2.71. The molecule has 1 heterocycles. The number of halogens is 6. The minimum absolute atomic E-state index is 0.0910. The molecule has 0 amide bonds. The molecule has 0 N–H and O–H groups in total. The molecule has 26 heavy (non-hydrogen) atoms. The van der Waals surface area contributed by atoms with Crippen LogP contribution in [-0.2, 0) is 14.3 Å². The molecule has 0 saturated carbocycles. The Kier molecular flexibility index (Phi) is 5.77. The maximum atomic E-state index is 14.3. The van der Waals surface area contributed by atoms with Crippen LogP contribution in [0.15, 0.2) is 6.07 Å². The van der Waals surface area contributed by atoms with Gasteiger partial charge in [-0.2, -0.15) is 17.6 Å². The van der Waals surface area contributed by atoms with Gasteiger partial charge < -0.3 is 14.2 Å². The van der Waals surface area contributed by atoms with Gasteiger partial charge in [0.1, 0.15) is 0 Å². The van der Waals surface area contributed by atoms with Crippen molar-refractivity contribution >= 4 is 28.6 Å². The quantitative estimate of drug-likeness (QED) is 0.274. The molecule has 4 nitrogen and oxygen atoms in total. The Morgan fingerprint density at radius 1 is 1.27 bits per heavy atom. The van der Waals surface area contributed by atoms with Crippen molar-refractivity contribution in [3.63, 3.8) is 0 Å². The summed E-state index contributed by atoms with van der Waals surface area (Å²) in [6.07, 6.45) is -6.46. The zero-order valence-electron chi connectivity index (χ0n) is 14.2. The number of carbonyl (C=O) groups is 1. The number of carbonyl (C=O) groups excluding carboxylic acids is 1. The van der Waals surface area contributed by atoms with Crippen LogP contribution in [0.5, 0.6) is 5.75 Å². The molecule has 0 aromatic heterocycles. The van der Waals surface area contributed by atoms with Crippen molar-refractivity contribution in [2.24, 2.45) is 5.92 Å². The van der Waals surface area contributed by atoms with E-state index in [1.165, 1.54) is 29.5 Å². The third-order valence-corrected chi connectivity index (χ3v) is 5.60. The molecular formula is C16H16F5IO4. The van der Waals surface area contributed by atoms with E-state index in [2.05, 4.69) is 4.74 Å². The van der Waals surface area contributed by atoms with Gasteiger partial charge in [-0.1, -0.05) is 6.92 Å². The van der Waals surface area contributed by atoms with E-state index in [-0.39, 0.29) is 9.13 Å². The van der Waals surface area contributed by atoms with Crippen LogP contribution in [0.1, 0.15) is 25.3 Å². The highest BCUT2D eigenvalue weighted by atomic mass is 127. The summed E-state index contributed by atoms with van der Waals surface area (Å²) in [6, 6.07) is 1.15. The molecule has 2 rings (SSSR count). The van der Waals surface area contributed by atoms with Crippen molar-refractivity contribution in [1.82, 2.24) is 0 Å². The molecule has 4 atom stereocenters.